The van der Waals surface area contributed by atoms with Crippen LogP contribution < -0.4 is 10.1 Å². The predicted molar refractivity (Wildman–Crippen MR) is 99.4 cm³/mol. The molecule has 2 fully saturated rings. The summed E-state index contributed by atoms with van der Waals surface area (Å²) in [6.45, 7) is 1.94. The first-order valence-electron chi connectivity index (χ1n) is 9.31. The highest BCUT2D eigenvalue weighted by Gasteiger charge is 2.46. The number of carbonyl (C=O) groups excluding carboxylic acids is 2. The molecule has 0 bridgehead atoms. The van der Waals surface area contributed by atoms with E-state index in [0.717, 1.165) is 24.8 Å². The number of sulfone groups is 1. The van der Waals surface area contributed by atoms with Crippen LogP contribution in [0.3, 0.4) is 0 Å². The van der Waals surface area contributed by atoms with Crippen molar-refractivity contribution in [2.75, 3.05) is 18.6 Å². The van der Waals surface area contributed by atoms with Gasteiger partial charge in [0.2, 0.25) is 5.91 Å². The van der Waals surface area contributed by atoms with Gasteiger partial charge in [0.25, 0.3) is 5.91 Å². The van der Waals surface area contributed by atoms with Crippen LogP contribution in [0.4, 0.5) is 0 Å². The van der Waals surface area contributed by atoms with Crippen molar-refractivity contribution in [1.82, 2.24) is 10.2 Å². The van der Waals surface area contributed by atoms with Gasteiger partial charge in [0.1, 0.15) is 11.9 Å². The SMILES string of the molecule is CC1Cc2cccc(C(=O)N[C@@H]3CS(=O)(=O)C[C@H]3C(=O)N(C)C3CC3)c2O1. The van der Waals surface area contributed by atoms with Crippen molar-refractivity contribution in [2.24, 2.45) is 5.92 Å². The summed E-state index contributed by atoms with van der Waals surface area (Å²) in [7, 11) is -1.66. The van der Waals surface area contributed by atoms with Crippen LogP contribution in [0.5, 0.6) is 5.75 Å². The van der Waals surface area contributed by atoms with Crippen LogP contribution in [0.2, 0.25) is 0 Å². The van der Waals surface area contributed by atoms with Gasteiger partial charge in [-0.25, -0.2) is 8.42 Å². The molecule has 3 atom stereocenters. The number of hydrogen-bond donors (Lipinski definition) is 1. The van der Waals surface area contributed by atoms with Gasteiger partial charge in [-0.15, -0.1) is 0 Å². The molecule has 1 aromatic rings. The quantitative estimate of drug-likeness (QED) is 0.817. The van der Waals surface area contributed by atoms with E-state index in [4.69, 9.17) is 4.74 Å². The number of benzene rings is 1. The summed E-state index contributed by atoms with van der Waals surface area (Å²) in [6.07, 6.45) is 2.64. The zero-order valence-electron chi connectivity index (χ0n) is 15.5. The summed E-state index contributed by atoms with van der Waals surface area (Å²) < 4.78 is 30.1. The second-order valence-corrected chi connectivity index (χ2v) is 10.0. The fourth-order valence-corrected chi connectivity index (χ4v) is 5.92. The fraction of sp³-hybridized carbons (Fsp3) is 0.579. The Balaban J connectivity index is 1.54. The Morgan fingerprint density at radius 3 is 2.67 bits per heavy atom. The fourth-order valence-electron chi connectivity index (χ4n) is 4.00. The first-order chi connectivity index (χ1) is 12.7. The number of nitrogens with one attached hydrogen (secondary N) is 1. The zero-order valence-corrected chi connectivity index (χ0v) is 16.3. The molecule has 3 aliphatic rings. The number of rotatable bonds is 4. The highest BCUT2D eigenvalue weighted by Crippen LogP contribution is 2.33. The van der Waals surface area contributed by atoms with Crippen molar-refractivity contribution in [2.45, 2.75) is 44.4 Å². The third-order valence-corrected chi connectivity index (χ3v) is 7.33. The molecule has 27 heavy (non-hydrogen) atoms. The molecule has 1 aliphatic carbocycles. The van der Waals surface area contributed by atoms with Gasteiger partial charge in [0, 0.05) is 19.5 Å². The molecule has 1 aromatic carbocycles. The van der Waals surface area contributed by atoms with E-state index in [9.17, 15) is 18.0 Å². The first kappa shape index (κ1) is 18.3. The molecule has 146 valence electrons. The molecule has 2 amide bonds. The van der Waals surface area contributed by atoms with Crippen molar-refractivity contribution in [1.29, 1.82) is 0 Å². The van der Waals surface area contributed by atoms with Gasteiger partial charge in [-0.2, -0.15) is 0 Å². The smallest absolute Gasteiger partial charge is 0.255 e. The molecular formula is C19H24N2O5S. The van der Waals surface area contributed by atoms with Crippen LogP contribution in [0.1, 0.15) is 35.7 Å². The van der Waals surface area contributed by atoms with E-state index in [0.29, 0.717) is 11.3 Å². The Kier molecular flexibility index (Phi) is 4.41. The van der Waals surface area contributed by atoms with Gasteiger partial charge >= 0.3 is 0 Å². The Labute approximate surface area is 159 Å². The molecule has 2 aliphatic heterocycles. The summed E-state index contributed by atoms with van der Waals surface area (Å²) >= 11 is 0. The van der Waals surface area contributed by atoms with Crippen LogP contribution >= 0.6 is 0 Å². The van der Waals surface area contributed by atoms with Gasteiger partial charge in [0.15, 0.2) is 9.84 Å². The Morgan fingerprint density at radius 2 is 1.96 bits per heavy atom. The van der Waals surface area contributed by atoms with Gasteiger partial charge in [-0.05, 0) is 31.4 Å². The predicted octanol–water partition coefficient (Wildman–Crippen LogP) is 0.774. The third kappa shape index (κ3) is 3.54. The Hall–Kier alpha value is -2.09. The molecule has 2 heterocycles. The number of carbonyl (C=O) groups is 2. The highest BCUT2D eigenvalue weighted by atomic mass is 32.2. The number of amides is 2. The van der Waals surface area contributed by atoms with E-state index in [1.54, 1.807) is 24.1 Å². The summed E-state index contributed by atoms with van der Waals surface area (Å²) in [5.41, 5.74) is 1.36. The number of nitrogens with zero attached hydrogens (tertiary/aromatic N) is 1. The van der Waals surface area contributed by atoms with E-state index < -0.39 is 27.7 Å². The lowest BCUT2D eigenvalue weighted by atomic mass is 10.0. The van der Waals surface area contributed by atoms with Crippen molar-refractivity contribution >= 4 is 21.7 Å². The van der Waals surface area contributed by atoms with Gasteiger partial charge < -0.3 is 15.0 Å². The lowest BCUT2D eigenvalue weighted by molar-refractivity contribution is -0.134. The van der Waals surface area contributed by atoms with Crippen LogP contribution in [0.15, 0.2) is 18.2 Å². The molecule has 7 nitrogen and oxygen atoms in total. The summed E-state index contributed by atoms with van der Waals surface area (Å²) in [5, 5.41) is 2.79. The van der Waals surface area contributed by atoms with Crippen molar-refractivity contribution in [3.8, 4) is 5.75 Å². The Morgan fingerprint density at radius 1 is 1.22 bits per heavy atom. The van der Waals surface area contributed by atoms with E-state index in [-0.39, 0.29) is 29.6 Å². The third-order valence-electron chi connectivity index (χ3n) is 5.60. The second kappa shape index (κ2) is 6.51. The minimum absolute atomic E-state index is 0.00215. The number of hydrogen-bond acceptors (Lipinski definition) is 5. The molecule has 1 saturated carbocycles. The monoisotopic (exact) mass is 392 g/mol. The average Bonchev–Trinajstić information content (AvgIpc) is 3.31. The van der Waals surface area contributed by atoms with Crippen LogP contribution in [0.25, 0.3) is 0 Å². The van der Waals surface area contributed by atoms with Crippen molar-refractivity contribution in [3.63, 3.8) is 0 Å². The highest BCUT2D eigenvalue weighted by molar-refractivity contribution is 7.91. The van der Waals surface area contributed by atoms with Crippen molar-refractivity contribution < 1.29 is 22.7 Å². The molecule has 4 rings (SSSR count). The van der Waals surface area contributed by atoms with Gasteiger partial charge in [0.05, 0.1) is 29.0 Å². The van der Waals surface area contributed by atoms with Gasteiger partial charge in [-0.1, -0.05) is 12.1 Å². The average molecular weight is 392 g/mol. The maximum Gasteiger partial charge on any atom is 0.255 e. The van der Waals surface area contributed by atoms with Crippen LogP contribution in [-0.4, -0.2) is 61.9 Å². The minimum atomic E-state index is -3.37. The van der Waals surface area contributed by atoms with E-state index >= 15 is 0 Å². The van der Waals surface area contributed by atoms with Crippen LogP contribution in [-0.2, 0) is 21.1 Å². The van der Waals surface area contributed by atoms with E-state index in [2.05, 4.69) is 5.32 Å². The lowest BCUT2D eigenvalue weighted by Crippen LogP contribution is -2.47. The number of ether oxygens (including phenoxy) is 1. The minimum Gasteiger partial charge on any atom is -0.489 e. The Bertz CT molecular complexity index is 893. The lowest BCUT2D eigenvalue weighted by Gasteiger charge is -2.25. The van der Waals surface area contributed by atoms with Crippen molar-refractivity contribution in [3.05, 3.63) is 29.3 Å². The normalized spacial score (nSPS) is 28.3. The molecule has 0 radical (unpaired) electrons. The van der Waals surface area contributed by atoms with Gasteiger partial charge in [-0.3, -0.25) is 9.59 Å². The molecule has 0 aromatic heterocycles. The summed E-state index contributed by atoms with van der Waals surface area (Å²) in [4.78, 5) is 27.2. The van der Waals surface area contributed by atoms with Crippen LogP contribution in [0, 0.1) is 5.92 Å². The standard InChI is InChI=1S/C19H24N2O5S/c1-11-8-12-4-3-5-14(17(12)26-11)18(22)20-16-10-27(24,25)9-15(16)19(23)21(2)13-6-7-13/h3-5,11,13,15-16H,6-10H2,1-2H3,(H,20,22)/t11?,15-,16-/m1/s1. The van der Waals surface area contributed by atoms with E-state index in [1.165, 1.54) is 0 Å². The molecule has 0 spiro atoms. The largest absolute Gasteiger partial charge is 0.489 e. The molecule has 1 N–H and O–H groups in total. The maximum absolute atomic E-state index is 12.9. The molecular weight excluding hydrogens is 368 g/mol. The summed E-state index contributed by atoms with van der Waals surface area (Å²) in [6, 6.07) is 4.87. The second-order valence-electron chi connectivity index (χ2n) is 7.87. The first-order valence-corrected chi connectivity index (χ1v) is 11.1. The molecule has 1 saturated heterocycles. The zero-order chi connectivity index (χ0) is 19.3. The number of para-hydroxylation sites is 1. The molecule has 8 heteroatoms. The number of fused-ring (bicyclic) bond motifs is 1. The van der Waals surface area contributed by atoms with E-state index in [1.807, 2.05) is 13.0 Å². The topological polar surface area (TPSA) is 92.8 Å². The molecule has 1 unspecified atom stereocenters. The summed E-state index contributed by atoms with van der Waals surface area (Å²) in [5.74, 6) is -1.20. The maximum atomic E-state index is 12.9.